The summed E-state index contributed by atoms with van der Waals surface area (Å²) in [6.45, 7) is 0.256. The van der Waals surface area contributed by atoms with Crippen LogP contribution in [0.1, 0.15) is 22.3 Å². The summed E-state index contributed by atoms with van der Waals surface area (Å²) in [6, 6.07) is 14.8. The van der Waals surface area contributed by atoms with Gasteiger partial charge < -0.3 is 5.32 Å². The van der Waals surface area contributed by atoms with Gasteiger partial charge >= 0.3 is 0 Å². The molecular weight excluding hydrogens is 437 g/mol. The van der Waals surface area contributed by atoms with E-state index in [2.05, 4.69) is 5.32 Å². The first-order chi connectivity index (χ1) is 15.3. The first kappa shape index (κ1) is 21.4. The predicted octanol–water partition coefficient (Wildman–Crippen LogP) is 4.13. The largest absolute Gasteiger partial charge is 0.322 e. The fourth-order valence-electron chi connectivity index (χ4n) is 3.54. The quantitative estimate of drug-likeness (QED) is 0.460. The second kappa shape index (κ2) is 8.39. The molecule has 3 aromatic rings. The lowest BCUT2D eigenvalue weighted by Gasteiger charge is -2.31. The van der Waals surface area contributed by atoms with Gasteiger partial charge in [-0.2, -0.15) is 0 Å². The van der Waals surface area contributed by atoms with Crippen LogP contribution in [-0.2, 0) is 16.4 Å². The average molecular weight is 455 g/mol. The molecular formula is C22H18FN3O5S. The van der Waals surface area contributed by atoms with Gasteiger partial charge in [0, 0.05) is 29.9 Å². The van der Waals surface area contributed by atoms with Crippen LogP contribution in [0.15, 0.2) is 71.6 Å². The minimum absolute atomic E-state index is 0.0212. The van der Waals surface area contributed by atoms with Gasteiger partial charge in [-0.1, -0.05) is 6.07 Å². The minimum Gasteiger partial charge on any atom is -0.322 e. The van der Waals surface area contributed by atoms with Crippen molar-refractivity contribution < 1.29 is 22.5 Å². The van der Waals surface area contributed by atoms with Crippen molar-refractivity contribution in [1.82, 2.24) is 0 Å². The van der Waals surface area contributed by atoms with Crippen LogP contribution in [0.25, 0.3) is 0 Å². The molecule has 1 N–H and O–H groups in total. The number of hydrogen-bond donors (Lipinski definition) is 1. The van der Waals surface area contributed by atoms with Gasteiger partial charge in [0.2, 0.25) is 0 Å². The summed E-state index contributed by atoms with van der Waals surface area (Å²) in [5.41, 5.74) is 1.74. The third-order valence-electron chi connectivity index (χ3n) is 5.16. The number of amides is 1. The Balaban J connectivity index is 1.62. The molecule has 1 aliphatic rings. The van der Waals surface area contributed by atoms with Gasteiger partial charge in [0.05, 0.1) is 15.5 Å². The normalized spacial score (nSPS) is 13.3. The number of non-ortho nitro benzene ring substituents is 1. The molecule has 0 saturated heterocycles. The van der Waals surface area contributed by atoms with Crippen molar-refractivity contribution >= 4 is 33.0 Å². The number of nitro benzene ring substituents is 1. The van der Waals surface area contributed by atoms with E-state index in [-0.39, 0.29) is 22.7 Å². The molecule has 164 valence electrons. The number of aryl methyl sites for hydroxylation is 1. The molecule has 0 spiro atoms. The molecule has 0 aliphatic carbocycles. The lowest BCUT2D eigenvalue weighted by Crippen LogP contribution is -2.35. The van der Waals surface area contributed by atoms with Gasteiger partial charge in [-0.25, -0.2) is 12.8 Å². The Hall–Kier alpha value is -3.79. The predicted molar refractivity (Wildman–Crippen MR) is 117 cm³/mol. The number of fused-ring (bicyclic) bond motifs is 1. The molecule has 0 bridgehead atoms. The molecule has 0 saturated carbocycles. The van der Waals surface area contributed by atoms with E-state index in [1.807, 2.05) is 0 Å². The Morgan fingerprint density at radius 3 is 2.38 bits per heavy atom. The van der Waals surface area contributed by atoms with Gasteiger partial charge in [-0.15, -0.1) is 0 Å². The molecule has 8 nitrogen and oxygen atoms in total. The van der Waals surface area contributed by atoms with Crippen LogP contribution >= 0.6 is 0 Å². The van der Waals surface area contributed by atoms with Crippen molar-refractivity contribution in [2.24, 2.45) is 0 Å². The van der Waals surface area contributed by atoms with Crippen molar-refractivity contribution in [3.8, 4) is 0 Å². The van der Waals surface area contributed by atoms with Crippen LogP contribution in [0.2, 0.25) is 0 Å². The zero-order valence-electron chi connectivity index (χ0n) is 16.7. The third kappa shape index (κ3) is 4.17. The Morgan fingerprint density at radius 2 is 1.72 bits per heavy atom. The number of carbonyl (C=O) groups is 1. The lowest BCUT2D eigenvalue weighted by molar-refractivity contribution is -0.384. The smallest absolute Gasteiger partial charge is 0.269 e. The van der Waals surface area contributed by atoms with Crippen LogP contribution in [0.3, 0.4) is 0 Å². The molecule has 1 amide bonds. The summed E-state index contributed by atoms with van der Waals surface area (Å²) in [5.74, 6) is -1.01. The Bertz CT molecular complexity index is 1290. The molecule has 0 unspecified atom stereocenters. The number of benzene rings is 3. The molecule has 0 aromatic heterocycles. The summed E-state index contributed by atoms with van der Waals surface area (Å²) < 4.78 is 40.8. The molecule has 10 heteroatoms. The zero-order valence-corrected chi connectivity index (χ0v) is 17.5. The molecule has 0 fully saturated rings. The van der Waals surface area contributed by atoms with Crippen molar-refractivity contribution in [2.45, 2.75) is 17.7 Å². The fraction of sp³-hybridized carbons (Fsp3) is 0.136. The van der Waals surface area contributed by atoms with E-state index < -0.39 is 26.7 Å². The van der Waals surface area contributed by atoms with Gasteiger partial charge in [0.15, 0.2) is 0 Å². The van der Waals surface area contributed by atoms with Gasteiger partial charge in [0.1, 0.15) is 5.82 Å². The Labute approximate surface area is 183 Å². The first-order valence-corrected chi connectivity index (χ1v) is 11.2. The van der Waals surface area contributed by atoms with E-state index in [0.717, 1.165) is 17.7 Å². The topological polar surface area (TPSA) is 110 Å². The van der Waals surface area contributed by atoms with Crippen LogP contribution in [0.5, 0.6) is 0 Å². The molecule has 1 heterocycles. The Morgan fingerprint density at radius 1 is 1.03 bits per heavy atom. The van der Waals surface area contributed by atoms with Gasteiger partial charge in [-0.05, 0) is 66.9 Å². The SMILES string of the molecule is O=C(Nc1ccc2c(c1)N(S(=O)(=O)c1ccc(F)cc1)CCC2)c1ccc([N+](=O)[O-])cc1. The van der Waals surface area contributed by atoms with E-state index in [9.17, 15) is 27.7 Å². The van der Waals surface area contributed by atoms with Crippen molar-refractivity contribution in [2.75, 3.05) is 16.2 Å². The third-order valence-corrected chi connectivity index (χ3v) is 6.99. The van der Waals surface area contributed by atoms with Crippen molar-refractivity contribution in [1.29, 1.82) is 0 Å². The van der Waals surface area contributed by atoms with Crippen LogP contribution < -0.4 is 9.62 Å². The molecule has 3 aromatic carbocycles. The van der Waals surface area contributed by atoms with E-state index in [1.54, 1.807) is 18.2 Å². The second-order valence-electron chi connectivity index (χ2n) is 7.24. The zero-order chi connectivity index (χ0) is 22.9. The number of halogens is 1. The highest BCUT2D eigenvalue weighted by molar-refractivity contribution is 7.92. The fourth-order valence-corrected chi connectivity index (χ4v) is 5.07. The first-order valence-electron chi connectivity index (χ1n) is 9.73. The number of sulfonamides is 1. The molecule has 0 atom stereocenters. The van der Waals surface area contributed by atoms with E-state index >= 15 is 0 Å². The number of anilines is 2. The summed E-state index contributed by atoms with van der Waals surface area (Å²) in [6.07, 6.45) is 1.31. The number of rotatable bonds is 5. The van der Waals surface area contributed by atoms with E-state index in [0.29, 0.717) is 24.2 Å². The maximum Gasteiger partial charge on any atom is 0.269 e. The molecule has 0 radical (unpaired) electrons. The van der Waals surface area contributed by atoms with E-state index in [1.165, 1.54) is 40.7 Å². The number of hydrogen-bond acceptors (Lipinski definition) is 5. The minimum atomic E-state index is -3.91. The summed E-state index contributed by atoms with van der Waals surface area (Å²) >= 11 is 0. The number of nitrogens with one attached hydrogen (secondary N) is 1. The standard InChI is InChI=1S/C22H18FN3O5S/c23-17-6-11-20(12-7-17)32(30,31)25-13-1-2-15-3-8-18(14-21(15)25)24-22(27)16-4-9-19(10-5-16)26(28)29/h3-12,14H,1-2,13H2,(H,24,27). The average Bonchev–Trinajstić information content (AvgIpc) is 2.79. The van der Waals surface area contributed by atoms with E-state index in [4.69, 9.17) is 0 Å². The van der Waals surface area contributed by atoms with Crippen molar-refractivity contribution in [3.63, 3.8) is 0 Å². The summed E-state index contributed by atoms with van der Waals surface area (Å²) in [5, 5.41) is 13.5. The number of carbonyl (C=O) groups excluding carboxylic acids is 1. The molecule has 32 heavy (non-hydrogen) atoms. The second-order valence-corrected chi connectivity index (χ2v) is 9.10. The maximum atomic E-state index is 13.3. The Kier molecular flexibility index (Phi) is 5.62. The highest BCUT2D eigenvalue weighted by Crippen LogP contribution is 2.34. The van der Waals surface area contributed by atoms with Crippen molar-refractivity contribution in [3.05, 3.63) is 93.8 Å². The monoisotopic (exact) mass is 455 g/mol. The maximum absolute atomic E-state index is 13.3. The highest BCUT2D eigenvalue weighted by Gasteiger charge is 2.29. The van der Waals surface area contributed by atoms with Gasteiger partial charge in [-0.3, -0.25) is 19.2 Å². The lowest BCUT2D eigenvalue weighted by atomic mass is 10.0. The van der Waals surface area contributed by atoms with Crippen LogP contribution in [-0.4, -0.2) is 25.8 Å². The number of nitrogens with zero attached hydrogens (tertiary/aromatic N) is 2. The summed E-state index contributed by atoms with van der Waals surface area (Å²) in [4.78, 5) is 22.7. The number of nitro groups is 1. The highest BCUT2D eigenvalue weighted by atomic mass is 32.2. The molecule has 1 aliphatic heterocycles. The molecule has 4 rings (SSSR count). The van der Waals surface area contributed by atoms with Gasteiger partial charge in [0.25, 0.3) is 21.6 Å². The van der Waals surface area contributed by atoms with Crippen LogP contribution in [0, 0.1) is 15.9 Å². The summed E-state index contributed by atoms with van der Waals surface area (Å²) in [7, 11) is -3.91. The van der Waals surface area contributed by atoms with Crippen LogP contribution in [0.4, 0.5) is 21.5 Å².